The van der Waals surface area contributed by atoms with Crippen molar-refractivity contribution in [1.82, 2.24) is 20.3 Å². The molecular formula is C13H21N5O4S. The second kappa shape index (κ2) is 7.14. The summed E-state index contributed by atoms with van der Waals surface area (Å²) >= 11 is 1.43. The smallest absolute Gasteiger partial charge is 0.159 e. The van der Waals surface area contributed by atoms with Gasteiger partial charge >= 0.3 is 0 Å². The number of methoxy groups -OCH3 is 1. The van der Waals surface area contributed by atoms with Gasteiger partial charge in [-0.25, -0.2) is 4.68 Å². The number of ether oxygens (including phenoxy) is 2. The van der Waals surface area contributed by atoms with E-state index in [0.29, 0.717) is 25.4 Å². The van der Waals surface area contributed by atoms with Gasteiger partial charge in [-0.2, -0.15) is 0 Å². The first-order valence-corrected chi connectivity index (χ1v) is 8.37. The third kappa shape index (κ3) is 3.50. The van der Waals surface area contributed by atoms with Gasteiger partial charge in [-0.1, -0.05) is 17.0 Å². The third-order valence-electron chi connectivity index (χ3n) is 3.77. The summed E-state index contributed by atoms with van der Waals surface area (Å²) in [5, 5.41) is 32.5. The minimum absolute atomic E-state index is 0.286. The number of hydrogen-bond acceptors (Lipinski definition) is 8. The third-order valence-corrected chi connectivity index (χ3v) is 4.87. The maximum atomic E-state index is 10.3. The fraction of sp³-hybridized carbons (Fsp3) is 0.769. The van der Waals surface area contributed by atoms with Crippen molar-refractivity contribution in [2.75, 3.05) is 13.7 Å². The number of fused-ring (bicyclic) bond motifs is 1. The van der Waals surface area contributed by atoms with Gasteiger partial charge in [-0.15, -0.1) is 5.10 Å². The first-order valence-electron chi connectivity index (χ1n) is 7.49. The molecule has 3 heterocycles. The lowest BCUT2D eigenvalue weighted by atomic mass is 9.98. The molecule has 2 aliphatic heterocycles. The number of nitrogens with one attached hydrogen (secondary N) is 1. The Labute approximate surface area is 138 Å². The highest BCUT2D eigenvalue weighted by Gasteiger charge is 2.49. The molecule has 0 spiro atoms. The topological polar surface area (TPSA) is 114 Å². The van der Waals surface area contributed by atoms with Crippen LogP contribution in [-0.2, 0) is 22.6 Å². The van der Waals surface area contributed by atoms with E-state index < -0.39 is 18.3 Å². The molecular weight excluding hydrogens is 322 g/mol. The van der Waals surface area contributed by atoms with Crippen molar-refractivity contribution in [1.29, 1.82) is 0 Å². The highest BCUT2D eigenvalue weighted by Crippen LogP contribution is 2.34. The van der Waals surface area contributed by atoms with Crippen LogP contribution in [0.3, 0.4) is 0 Å². The summed E-state index contributed by atoms with van der Waals surface area (Å²) in [5.74, 6) is 0. The Bertz CT molecular complexity index is 568. The van der Waals surface area contributed by atoms with Crippen LogP contribution in [0.4, 0.5) is 0 Å². The van der Waals surface area contributed by atoms with Crippen LogP contribution < -0.4 is 5.32 Å². The van der Waals surface area contributed by atoms with E-state index in [1.807, 2.05) is 6.92 Å². The van der Waals surface area contributed by atoms with E-state index in [1.54, 1.807) is 18.0 Å². The Morgan fingerprint density at radius 2 is 2.30 bits per heavy atom. The standard InChI is InChI=1S/C13H21N5O4S/c1-3-14-13-15-9-11(20)10(19)8(22-12(9)23-13)5-18-4-7(6-21-2)16-17-18/h4,8-12,19-20H,3,5-6H2,1-2H3,(H,14,15)/t8?,9-,10-,11-,12-/m1/s1. The van der Waals surface area contributed by atoms with E-state index in [2.05, 4.69) is 20.6 Å². The first-order chi connectivity index (χ1) is 11.1. The number of nitrogens with zero attached hydrogens (tertiary/aromatic N) is 4. The van der Waals surface area contributed by atoms with E-state index in [9.17, 15) is 10.2 Å². The highest BCUT2D eigenvalue weighted by atomic mass is 32.2. The average molecular weight is 343 g/mol. The zero-order valence-electron chi connectivity index (χ0n) is 13.0. The normalized spacial score (nSPS) is 35.3. The van der Waals surface area contributed by atoms with E-state index in [0.717, 1.165) is 5.17 Å². The molecule has 3 rings (SSSR count). The predicted octanol–water partition coefficient (Wildman–Crippen LogP) is -1.05. The number of amidine groups is 1. The van der Waals surface area contributed by atoms with Gasteiger partial charge in [0.25, 0.3) is 0 Å². The summed E-state index contributed by atoms with van der Waals surface area (Å²) in [4.78, 5) is 4.29. The number of thioether (sulfide) groups is 1. The maximum absolute atomic E-state index is 10.3. The van der Waals surface area contributed by atoms with Gasteiger partial charge in [-0.3, -0.25) is 4.99 Å². The lowest BCUT2D eigenvalue weighted by Gasteiger charge is -2.38. The monoisotopic (exact) mass is 343 g/mol. The molecule has 2 fully saturated rings. The fourth-order valence-electron chi connectivity index (χ4n) is 2.68. The SMILES string of the molecule is CCN=C1N[C@@H]2[C@@H](O)[C@H](O)C(Cn3cc(COC)nn3)O[C@@H]2S1. The number of aliphatic imine (C=N–C) groups is 1. The molecule has 128 valence electrons. The molecule has 0 radical (unpaired) electrons. The molecule has 0 saturated carbocycles. The maximum Gasteiger partial charge on any atom is 0.159 e. The minimum atomic E-state index is -1.01. The molecule has 9 nitrogen and oxygen atoms in total. The van der Waals surface area contributed by atoms with Crippen molar-refractivity contribution >= 4 is 16.9 Å². The minimum Gasteiger partial charge on any atom is -0.388 e. The molecule has 2 aliphatic rings. The molecule has 1 aromatic rings. The second-order valence-electron chi connectivity index (χ2n) is 5.46. The molecule has 0 aromatic carbocycles. The Morgan fingerprint density at radius 1 is 1.48 bits per heavy atom. The van der Waals surface area contributed by atoms with Crippen molar-refractivity contribution in [2.24, 2.45) is 4.99 Å². The lowest BCUT2D eigenvalue weighted by molar-refractivity contribution is -0.160. The van der Waals surface area contributed by atoms with Crippen molar-refractivity contribution in [3.8, 4) is 0 Å². The molecule has 0 bridgehead atoms. The van der Waals surface area contributed by atoms with Gasteiger partial charge in [-0.05, 0) is 6.92 Å². The van der Waals surface area contributed by atoms with Crippen LogP contribution in [-0.4, -0.2) is 73.8 Å². The Kier molecular flexibility index (Phi) is 5.17. The fourth-order valence-corrected chi connectivity index (χ4v) is 3.88. The second-order valence-corrected chi connectivity index (χ2v) is 6.54. The number of aliphatic hydroxyl groups is 2. The van der Waals surface area contributed by atoms with Crippen LogP contribution in [0.5, 0.6) is 0 Å². The van der Waals surface area contributed by atoms with E-state index in [4.69, 9.17) is 9.47 Å². The summed E-state index contributed by atoms with van der Waals surface area (Å²) < 4.78 is 12.5. The summed E-state index contributed by atoms with van der Waals surface area (Å²) in [7, 11) is 1.59. The van der Waals surface area contributed by atoms with E-state index >= 15 is 0 Å². The first kappa shape index (κ1) is 16.7. The van der Waals surface area contributed by atoms with Crippen LogP contribution in [0.15, 0.2) is 11.2 Å². The number of aliphatic hydroxyl groups excluding tert-OH is 2. The quantitative estimate of drug-likeness (QED) is 0.621. The Balaban J connectivity index is 1.67. The number of aromatic nitrogens is 3. The summed E-state index contributed by atoms with van der Waals surface area (Å²) in [5.41, 5.74) is 0.413. The average Bonchev–Trinajstić information content (AvgIpc) is 3.12. The van der Waals surface area contributed by atoms with Gasteiger partial charge in [0.2, 0.25) is 0 Å². The molecule has 1 aromatic heterocycles. The van der Waals surface area contributed by atoms with Crippen LogP contribution in [0.25, 0.3) is 0 Å². The van der Waals surface area contributed by atoms with E-state index in [-0.39, 0.29) is 11.5 Å². The lowest BCUT2D eigenvalue weighted by Crippen LogP contribution is -2.59. The molecule has 2 saturated heterocycles. The zero-order chi connectivity index (χ0) is 16.4. The van der Waals surface area contributed by atoms with Crippen LogP contribution in [0.2, 0.25) is 0 Å². The van der Waals surface area contributed by atoms with Gasteiger partial charge in [0.15, 0.2) is 5.17 Å². The molecule has 0 aliphatic carbocycles. The Morgan fingerprint density at radius 3 is 3.04 bits per heavy atom. The summed E-state index contributed by atoms with van der Waals surface area (Å²) in [6.07, 6.45) is -0.779. The van der Waals surface area contributed by atoms with Gasteiger partial charge in [0.1, 0.15) is 29.4 Å². The molecule has 10 heteroatoms. The Hall–Kier alpha value is -1.20. The molecule has 3 N–H and O–H groups in total. The molecule has 1 unspecified atom stereocenters. The van der Waals surface area contributed by atoms with E-state index in [1.165, 1.54) is 11.8 Å². The highest BCUT2D eigenvalue weighted by molar-refractivity contribution is 8.14. The van der Waals surface area contributed by atoms with Crippen molar-refractivity contribution in [3.63, 3.8) is 0 Å². The summed E-state index contributed by atoms with van der Waals surface area (Å²) in [6.45, 7) is 3.27. The molecule has 23 heavy (non-hydrogen) atoms. The van der Waals surface area contributed by atoms with Crippen molar-refractivity contribution in [2.45, 2.75) is 49.9 Å². The number of rotatable bonds is 5. The zero-order valence-corrected chi connectivity index (χ0v) is 13.8. The van der Waals surface area contributed by atoms with Crippen LogP contribution in [0.1, 0.15) is 12.6 Å². The molecule has 5 atom stereocenters. The van der Waals surface area contributed by atoms with Gasteiger partial charge < -0.3 is 25.0 Å². The van der Waals surface area contributed by atoms with Crippen molar-refractivity contribution < 1.29 is 19.7 Å². The van der Waals surface area contributed by atoms with Gasteiger partial charge in [0.05, 0.1) is 25.4 Å². The summed E-state index contributed by atoms with van der Waals surface area (Å²) in [6, 6.07) is -0.364. The van der Waals surface area contributed by atoms with Crippen LogP contribution in [0, 0.1) is 0 Å². The number of hydrogen-bond donors (Lipinski definition) is 3. The van der Waals surface area contributed by atoms with Crippen molar-refractivity contribution in [3.05, 3.63) is 11.9 Å². The largest absolute Gasteiger partial charge is 0.388 e. The predicted molar refractivity (Wildman–Crippen MR) is 83.9 cm³/mol. The molecule has 0 amide bonds. The van der Waals surface area contributed by atoms with Crippen LogP contribution >= 0.6 is 11.8 Å². The van der Waals surface area contributed by atoms with Gasteiger partial charge in [0, 0.05) is 13.7 Å².